The van der Waals surface area contributed by atoms with E-state index in [1.54, 1.807) is 12.4 Å². The van der Waals surface area contributed by atoms with Crippen molar-refractivity contribution < 1.29 is 9.84 Å². The third-order valence-corrected chi connectivity index (χ3v) is 2.44. The molecule has 1 aromatic rings. The van der Waals surface area contributed by atoms with Crippen molar-refractivity contribution in [1.29, 1.82) is 0 Å². The maximum absolute atomic E-state index is 10.9. The SMILES string of the molecule is O=c1ccn([C@H]2CC[C@@H](CO)O2)cc1. The summed E-state index contributed by atoms with van der Waals surface area (Å²) >= 11 is 0. The number of ether oxygens (including phenoxy) is 1. The van der Waals surface area contributed by atoms with Crippen molar-refractivity contribution in [1.82, 2.24) is 4.57 Å². The Labute approximate surface area is 81.7 Å². The highest BCUT2D eigenvalue weighted by Gasteiger charge is 2.24. The normalized spacial score (nSPS) is 26.6. The fraction of sp³-hybridized carbons (Fsp3) is 0.500. The molecule has 0 spiro atoms. The third-order valence-electron chi connectivity index (χ3n) is 2.44. The minimum atomic E-state index is -0.0561. The molecule has 0 saturated carbocycles. The molecule has 0 radical (unpaired) electrons. The molecule has 0 aromatic carbocycles. The number of nitrogens with zero attached hydrogens (tertiary/aromatic N) is 1. The second-order valence-corrected chi connectivity index (χ2v) is 3.45. The zero-order valence-corrected chi connectivity index (χ0v) is 7.80. The molecular weight excluding hydrogens is 182 g/mol. The summed E-state index contributed by atoms with van der Waals surface area (Å²) in [4.78, 5) is 10.9. The van der Waals surface area contributed by atoms with Crippen LogP contribution in [-0.4, -0.2) is 22.4 Å². The summed E-state index contributed by atoms with van der Waals surface area (Å²) in [5.74, 6) is 0. The number of hydrogen-bond acceptors (Lipinski definition) is 3. The van der Waals surface area contributed by atoms with Crippen molar-refractivity contribution in [2.24, 2.45) is 0 Å². The van der Waals surface area contributed by atoms with Gasteiger partial charge in [0.2, 0.25) is 0 Å². The number of aliphatic hydroxyl groups excluding tert-OH is 1. The van der Waals surface area contributed by atoms with Gasteiger partial charge in [-0.3, -0.25) is 4.79 Å². The number of pyridine rings is 1. The van der Waals surface area contributed by atoms with E-state index in [1.165, 1.54) is 12.1 Å². The van der Waals surface area contributed by atoms with E-state index in [-0.39, 0.29) is 24.4 Å². The first-order valence-electron chi connectivity index (χ1n) is 4.74. The molecule has 1 fully saturated rings. The molecule has 2 rings (SSSR count). The zero-order chi connectivity index (χ0) is 9.97. The highest BCUT2D eigenvalue weighted by atomic mass is 16.5. The number of aliphatic hydroxyl groups is 1. The molecule has 0 amide bonds. The third kappa shape index (κ3) is 1.86. The number of hydrogen-bond donors (Lipinski definition) is 1. The molecule has 2 atom stereocenters. The lowest BCUT2D eigenvalue weighted by molar-refractivity contribution is -0.0226. The summed E-state index contributed by atoms with van der Waals surface area (Å²) in [6.07, 6.45) is 5.09. The lowest BCUT2D eigenvalue weighted by Crippen LogP contribution is -2.15. The minimum Gasteiger partial charge on any atom is -0.394 e. The average Bonchev–Trinajstić information content (AvgIpc) is 2.67. The van der Waals surface area contributed by atoms with E-state index in [1.807, 2.05) is 4.57 Å². The lowest BCUT2D eigenvalue weighted by Gasteiger charge is -2.15. The van der Waals surface area contributed by atoms with E-state index in [0.717, 1.165) is 12.8 Å². The van der Waals surface area contributed by atoms with Crippen LogP contribution in [0, 0.1) is 0 Å². The zero-order valence-electron chi connectivity index (χ0n) is 7.80. The molecule has 1 aromatic heterocycles. The molecule has 2 heterocycles. The van der Waals surface area contributed by atoms with Crippen LogP contribution in [0.4, 0.5) is 0 Å². The van der Waals surface area contributed by atoms with Crippen LogP contribution in [0.5, 0.6) is 0 Å². The summed E-state index contributed by atoms with van der Waals surface area (Å²) in [5.41, 5.74) is -0.00189. The van der Waals surface area contributed by atoms with E-state index < -0.39 is 0 Å². The van der Waals surface area contributed by atoms with Gasteiger partial charge in [-0.05, 0) is 12.8 Å². The van der Waals surface area contributed by atoms with Gasteiger partial charge in [-0.1, -0.05) is 0 Å². The van der Waals surface area contributed by atoms with Crippen LogP contribution < -0.4 is 5.43 Å². The van der Waals surface area contributed by atoms with Gasteiger partial charge in [-0.2, -0.15) is 0 Å². The summed E-state index contributed by atoms with van der Waals surface area (Å²) in [6, 6.07) is 3.02. The van der Waals surface area contributed by atoms with Crippen molar-refractivity contribution in [2.75, 3.05) is 6.61 Å². The van der Waals surface area contributed by atoms with Crippen molar-refractivity contribution in [3.8, 4) is 0 Å². The van der Waals surface area contributed by atoms with Crippen molar-refractivity contribution in [3.63, 3.8) is 0 Å². The molecule has 1 aliphatic heterocycles. The maximum Gasteiger partial charge on any atom is 0.181 e. The fourth-order valence-corrected chi connectivity index (χ4v) is 1.66. The molecule has 1 N–H and O–H groups in total. The van der Waals surface area contributed by atoms with Crippen molar-refractivity contribution >= 4 is 0 Å². The van der Waals surface area contributed by atoms with Gasteiger partial charge in [0, 0.05) is 24.5 Å². The number of rotatable bonds is 2. The molecule has 76 valence electrons. The van der Waals surface area contributed by atoms with Gasteiger partial charge in [-0.25, -0.2) is 0 Å². The standard InChI is InChI=1S/C10H13NO3/c12-7-9-1-2-10(14-9)11-5-3-8(13)4-6-11/h3-6,9-10,12H,1-2,7H2/t9-,10+/m0/s1. The maximum atomic E-state index is 10.9. The highest BCUT2D eigenvalue weighted by molar-refractivity contribution is 4.95. The van der Waals surface area contributed by atoms with Gasteiger partial charge >= 0.3 is 0 Å². The monoisotopic (exact) mass is 195 g/mol. The molecule has 0 unspecified atom stereocenters. The van der Waals surface area contributed by atoms with E-state index in [9.17, 15) is 4.79 Å². The molecule has 14 heavy (non-hydrogen) atoms. The van der Waals surface area contributed by atoms with Crippen LogP contribution in [0.1, 0.15) is 19.1 Å². The summed E-state index contributed by atoms with van der Waals surface area (Å²) in [5, 5.41) is 8.89. The topological polar surface area (TPSA) is 51.5 Å². The summed E-state index contributed by atoms with van der Waals surface area (Å²) in [7, 11) is 0. The van der Waals surface area contributed by atoms with E-state index in [4.69, 9.17) is 9.84 Å². The summed E-state index contributed by atoms with van der Waals surface area (Å²) < 4.78 is 7.41. The van der Waals surface area contributed by atoms with E-state index >= 15 is 0 Å². The fourth-order valence-electron chi connectivity index (χ4n) is 1.66. The van der Waals surface area contributed by atoms with Crippen LogP contribution >= 0.6 is 0 Å². The first-order valence-corrected chi connectivity index (χ1v) is 4.74. The van der Waals surface area contributed by atoms with Crippen LogP contribution in [0.2, 0.25) is 0 Å². The van der Waals surface area contributed by atoms with Crippen molar-refractivity contribution in [3.05, 3.63) is 34.7 Å². The van der Waals surface area contributed by atoms with Gasteiger partial charge in [-0.15, -0.1) is 0 Å². The van der Waals surface area contributed by atoms with Gasteiger partial charge < -0.3 is 14.4 Å². The van der Waals surface area contributed by atoms with Crippen LogP contribution in [0.25, 0.3) is 0 Å². The van der Waals surface area contributed by atoms with Gasteiger partial charge in [0.15, 0.2) is 5.43 Å². The van der Waals surface area contributed by atoms with Crippen LogP contribution in [-0.2, 0) is 4.74 Å². The van der Waals surface area contributed by atoms with Crippen LogP contribution in [0.3, 0.4) is 0 Å². The lowest BCUT2D eigenvalue weighted by atomic mass is 10.2. The Morgan fingerprint density at radius 2 is 2.14 bits per heavy atom. The number of aromatic nitrogens is 1. The summed E-state index contributed by atoms with van der Waals surface area (Å²) in [6.45, 7) is 0.0662. The second-order valence-electron chi connectivity index (χ2n) is 3.45. The predicted molar refractivity (Wildman–Crippen MR) is 50.9 cm³/mol. The van der Waals surface area contributed by atoms with Gasteiger partial charge in [0.1, 0.15) is 6.23 Å². The van der Waals surface area contributed by atoms with Crippen LogP contribution in [0.15, 0.2) is 29.3 Å². The van der Waals surface area contributed by atoms with E-state index in [0.29, 0.717) is 0 Å². The Balaban J connectivity index is 2.09. The Kier molecular flexibility index (Phi) is 2.65. The molecule has 0 aliphatic carbocycles. The van der Waals surface area contributed by atoms with Gasteiger partial charge in [0.25, 0.3) is 0 Å². The first-order chi connectivity index (χ1) is 6.79. The molecular formula is C10H13NO3. The largest absolute Gasteiger partial charge is 0.394 e. The van der Waals surface area contributed by atoms with Gasteiger partial charge in [0.05, 0.1) is 12.7 Å². The molecule has 4 nitrogen and oxygen atoms in total. The molecule has 1 aliphatic rings. The Morgan fingerprint density at radius 1 is 1.43 bits per heavy atom. The average molecular weight is 195 g/mol. The quantitative estimate of drug-likeness (QED) is 0.748. The Hall–Kier alpha value is -1.13. The molecule has 0 bridgehead atoms. The predicted octanol–water partition coefficient (Wildman–Crippen LogP) is 0.518. The minimum absolute atomic E-state index is 0.00189. The molecule has 1 saturated heterocycles. The highest BCUT2D eigenvalue weighted by Crippen LogP contribution is 2.27. The molecule has 4 heteroatoms. The Morgan fingerprint density at radius 3 is 2.71 bits per heavy atom. The Bertz CT molecular complexity index is 340. The first kappa shape index (κ1) is 9.43. The van der Waals surface area contributed by atoms with Crippen molar-refractivity contribution in [2.45, 2.75) is 25.2 Å². The van der Waals surface area contributed by atoms with E-state index in [2.05, 4.69) is 0 Å². The second kappa shape index (κ2) is 3.94. The smallest absolute Gasteiger partial charge is 0.181 e.